The van der Waals surface area contributed by atoms with Gasteiger partial charge in [-0.1, -0.05) is 0 Å². The number of rotatable bonds is 6. The second kappa shape index (κ2) is 8.05. The number of phenols is 1. The molecule has 0 saturated heterocycles. The third kappa shape index (κ3) is 4.05. The molecule has 29 heavy (non-hydrogen) atoms. The molecule has 10 nitrogen and oxygen atoms in total. The van der Waals surface area contributed by atoms with Crippen LogP contribution in [0.1, 0.15) is 12.0 Å². The molecule has 0 fully saturated rings. The zero-order valence-corrected chi connectivity index (χ0v) is 15.4. The number of hydrogen-bond donors (Lipinski definition) is 4. The lowest BCUT2D eigenvalue weighted by atomic mass is 10.1. The topological polar surface area (TPSA) is 145 Å². The second-order valence-corrected chi connectivity index (χ2v) is 6.44. The number of fused-ring (bicyclic) bond motifs is 1. The number of allylic oxidation sites excluding steroid dienone is 2. The van der Waals surface area contributed by atoms with Gasteiger partial charge in [0.25, 0.3) is 12.5 Å². The molecule has 2 aliphatic heterocycles. The number of phenolic OH excluding ortho intramolecular Hbond substituents is 1. The van der Waals surface area contributed by atoms with Gasteiger partial charge in [0.05, 0.1) is 19.6 Å². The van der Waals surface area contributed by atoms with Crippen molar-refractivity contribution in [1.29, 1.82) is 0 Å². The lowest BCUT2D eigenvalue weighted by Gasteiger charge is -2.23. The highest BCUT2D eigenvalue weighted by molar-refractivity contribution is 5.87. The van der Waals surface area contributed by atoms with E-state index in [-0.39, 0.29) is 36.5 Å². The Morgan fingerprint density at radius 1 is 1.28 bits per heavy atom. The number of methoxy groups -OCH3 is 1. The van der Waals surface area contributed by atoms with E-state index in [1.807, 2.05) is 0 Å². The predicted octanol–water partition coefficient (Wildman–Crippen LogP) is 0.512. The first-order valence-corrected chi connectivity index (χ1v) is 8.59. The van der Waals surface area contributed by atoms with Crippen LogP contribution in [0.3, 0.4) is 0 Å². The fourth-order valence-corrected chi connectivity index (χ4v) is 3.32. The van der Waals surface area contributed by atoms with Crippen LogP contribution in [0.15, 0.2) is 35.6 Å². The summed E-state index contributed by atoms with van der Waals surface area (Å²) in [6.45, 7) is 0.219. The highest BCUT2D eigenvalue weighted by Crippen LogP contribution is 2.39. The number of nitrogens with zero attached hydrogens (tertiary/aromatic N) is 1. The Bertz CT molecular complexity index is 963. The summed E-state index contributed by atoms with van der Waals surface area (Å²) in [5.74, 6) is -2.15. The molecule has 0 amide bonds. The molecule has 1 aromatic carbocycles. The molecule has 0 saturated carbocycles. The van der Waals surface area contributed by atoms with E-state index in [2.05, 4.69) is 5.32 Å². The van der Waals surface area contributed by atoms with Crippen LogP contribution < -0.4 is 10.1 Å². The van der Waals surface area contributed by atoms with E-state index in [0.717, 1.165) is 0 Å². The minimum Gasteiger partial charge on any atom is -0.504 e. The monoisotopic (exact) mass is 403 g/mol. The molecule has 10 heteroatoms. The van der Waals surface area contributed by atoms with Crippen LogP contribution in [-0.4, -0.2) is 63.9 Å². The largest absolute Gasteiger partial charge is 0.504 e. The summed E-state index contributed by atoms with van der Waals surface area (Å²) in [5, 5.41) is 31.4. The number of benzene rings is 1. The number of ether oxygens (including phenoxy) is 2. The van der Waals surface area contributed by atoms with Crippen molar-refractivity contribution in [1.82, 2.24) is 5.32 Å². The molecule has 2 unspecified atom stereocenters. The van der Waals surface area contributed by atoms with E-state index in [9.17, 15) is 29.7 Å². The number of nitrogens with one attached hydrogen (secondary N) is 1. The second-order valence-electron chi connectivity index (χ2n) is 6.44. The Morgan fingerprint density at radius 2 is 2.03 bits per heavy atom. The van der Waals surface area contributed by atoms with Gasteiger partial charge in [0.15, 0.2) is 23.9 Å². The van der Waals surface area contributed by atoms with Gasteiger partial charge >= 0.3 is 11.9 Å². The minimum atomic E-state index is -1.22. The maximum absolute atomic E-state index is 11.7. The van der Waals surface area contributed by atoms with Gasteiger partial charge in [0.1, 0.15) is 5.70 Å². The summed E-state index contributed by atoms with van der Waals surface area (Å²) in [6.07, 6.45) is 3.98. The van der Waals surface area contributed by atoms with Crippen LogP contribution in [0.4, 0.5) is 5.69 Å². The number of aliphatic carboxylic acids is 2. The molecular formula is C19H19N2O8+. The van der Waals surface area contributed by atoms with Crippen molar-refractivity contribution >= 4 is 30.3 Å². The molecular weight excluding hydrogens is 384 g/mol. The summed E-state index contributed by atoms with van der Waals surface area (Å²) in [4.78, 5) is 33.6. The highest BCUT2D eigenvalue weighted by Gasteiger charge is 2.40. The Morgan fingerprint density at radius 3 is 2.66 bits per heavy atom. The van der Waals surface area contributed by atoms with Crippen LogP contribution in [0, 0.1) is 0 Å². The Labute approximate surface area is 165 Å². The fraction of sp³-hybridized carbons (Fsp3) is 0.263. The van der Waals surface area contributed by atoms with Gasteiger partial charge in [-0.05, 0) is 17.7 Å². The number of carbonyl (C=O) groups excluding carboxylic acids is 1. The quantitative estimate of drug-likeness (QED) is 0.394. The molecule has 1 aromatic rings. The lowest BCUT2D eigenvalue weighted by molar-refractivity contribution is -0.456. The maximum atomic E-state index is 11.7. The van der Waals surface area contributed by atoms with Crippen molar-refractivity contribution in [3.05, 3.63) is 41.1 Å². The maximum Gasteiger partial charge on any atom is 0.373 e. The lowest BCUT2D eigenvalue weighted by Crippen LogP contribution is -2.37. The number of carboxylic acids is 2. The molecule has 2 aliphatic rings. The SMILES string of the molecule is COc1cc2c(cc1O)/[N+](=C/C=C1/C=C(C(=O)O)NC(OC=O)C1)C(C(=O)O)C2. The number of hydrogen-bond acceptors (Lipinski definition) is 7. The summed E-state index contributed by atoms with van der Waals surface area (Å²) in [7, 11) is 1.40. The molecule has 0 aliphatic carbocycles. The van der Waals surface area contributed by atoms with E-state index in [4.69, 9.17) is 9.47 Å². The van der Waals surface area contributed by atoms with Crippen LogP contribution in [-0.2, 0) is 25.5 Å². The molecule has 3 rings (SSSR count). The summed E-state index contributed by atoms with van der Waals surface area (Å²) in [6, 6.07) is 2.11. The van der Waals surface area contributed by atoms with E-state index < -0.39 is 24.2 Å². The smallest absolute Gasteiger partial charge is 0.373 e. The molecule has 152 valence electrons. The third-order valence-corrected chi connectivity index (χ3v) is 4.66. The van der Waals surface area contributed by atoms with E-state index >= 15 is 0 Å². The van der Waals surface area contributed by atoms with Gasteiger partial charge in [-0.15, -0.1) is 0 Å². The normalized spacial score (nSPS) is 23.1. The van der Waals surface area contributed by atoms with E-state index in [1.165, 1.54) is 30.0 Å². The van der Waals surface area contributed by atoms with Crippen LogP contribution in [0.2, 0.25) is 0 Å². The minimum absolute atomic E-state index is 0.127. The zero-order chi connectivity index (χ0) is 21.1. The van der Waals surface area contributed by atoms with Crippen molar-refractivity contribution in [2.45, 2.75) is 25.1 Å². The average Bonchev–Trinajstić information content (AvgIpc) is 3.03. The summed E-state index contributed by atoms with van der Waals surface area (Å²) < 4.78 is 11.4. The average molecular weight is 403 g/mol. The number of carbonyl (C=O) groups is 3. The molecule has 0 aromatic heterocycles. The van der Waals surface area contributed by atoms with Gasteiger partial charge in [0.2, 0.25) is 5.69 Å². The van der Waals surface area contributed by atoms with Crippen LogP contribution >= 0.6 is 0 Å². The molecule has 0 radical (unpaired) electrons. The van der Waals surface area contributed by atoms with Gasteiger partial charge in [-0.2, -0.15) is 4.58 Å². The fourth-order valence-electron chi connectivity index (χ4n) is 3.32. The van der Waals surface area contributed by atoms with Gasteiger partial charge in [-0.3, -0.25) is 4.79 Å². The molecule has 2 atom stereocenters. The Hall–Kier alpha value is -3.82. The molecule has 0 bridgehead atoms. The van der Waals surface area contributed by atoms with Gasteiger partial charge < -0.3 is 30.1 Å². The first-order valence-electron chi connectivity index (χ1n) is 8.59. The summed E-state index contributed by atoms with van der Waals surface area (Å²) in [5.41, 5.74) is 1.56. The van der Waals surface area contributed by atoms with Gasteiger partial charge in [-0.25, -0.2) is 9.59 Å². The van der Waals surface area contributed by atoms with Crippen molar-refractivity contribution in [2.24, 2.45) is 0 Å². The number of aromatic hydroxyl groups is 1. The zero-order valence-electron chi connectivity index (χ0n) is 15.4. The van der Waals surface area contributed by atoms with E-state index in [1.54, 1.807) is 12.1 Å². The summed E-state index contributed by atoms with van der Waals surface area (Å²) >= 11 is 0. The Kier molecular flexibility index (Phi) is 5.53. The third-order valence-electron chi connectivity index (χ3n) is 4.66. The Balaban J connectivity index is 2.02. The number of carboxylic acid groups (broad SMARTS) is 2. The highest BCUT2D eigenvalue weighted by atomic mass is 16.5. The first-order chi connectivity index (χ1) is 13.8. The van der Waals surface area contributed by atoms with Crippen LogP contribution in [0.5, 0.6) is 11.5 Å². The molecule has 0 spiro atoms. The van der Waals surface area contributed by atoms with Crippen molar-refractivity contribution < 1.29 is 43.8 Å². The van der Waals surface area contributed by atoms with Crippen molar-refractivity contribution in [3.63, 3.8) is 0 Å². The molecule has 4 N–H and O–H groups in total. The van der Waals surface area contributed by atoms with E-state index in [0.29, 0.717) is 16.8 Å². The standard InChI is InChI=1S/C19H18N2O8/c1-28-16-7-11-6-14(19(26)27)21(13(11)8-15(16)23)3-2-10-4-12(18(24)25)20-17(5-10)29-9-22/h2-4,7-9,14,17H,5-6H2,1H3,(H3,23,24,25,26,27)/p+1. The first kappa shape index (κ1) is 19.9. The predicted molar refractivity (Wildman–Crippen MR) is 98.3 cm³/mol. The van der Waals surface area contributed by atoms with Crippen molar-refractivity contribution in [3.8, 4) is 11.5 Å². The van der Waals surface area contributed by atoms with Crippen LogP contribution in [0.25, 0.3) is 0 Å². The van der Waals surface area contributed by atoms with Gasteiger partial charge in [0, 0.05) is 18.1 Å². The van der Waals surface area contributed by atoms with Crippen molar-refractivity contribution in [2.75, 3.05) is 7.11 Å². The molecule has 2 heterocycles.